The van der Waals surface area contributed by atoms with Gasteiger partial charge in [-0.05, 0) is 54.9 Å². The molecule has 1 fully saturated rings. The fraction of sp³-hybridized carbons (Fsp3) is 0.474. The van der Waals surface area contributed by atoms with Crippen LogP contribution in [0.3, 0.4) is 0 Å². The van der Waals surface area contributed by atoms with E-state index in [1.807, 2.05) is 0 Å². The third-order valence-electron chi connectivity index (χ3n) is 4.51. The van der Waals surface area contributed by atoms with Gasteiger partial charge in [0.15, 0.2) is 0 Å². The zero-order valence-corrected chi connectivity index (χ0v) is 14.2. The van der Waals surface area contributed by atoms with Gasteiger partial charge in [0.2, 0.25) is 0 Å². The van der Waals surface area contributed by atoms with E-state index >= 15 is 0 Å². The first-order valence-electron chi connectivity index (χ1n) is 7.98. The number of hydrogen-bond acceptors (Lipinski definition) is 1. The Morgan fingerprint density at radius 2 is 1.90 bits per heavy atom. The number of ether oxygens (including phenoxy) is 1. The molecule has 2 aromatic carbocycles. The zero-order valence-electron chi connectivity index (χ0n) is 12.6. The molecule has 1 atom stereocenters. The molecule has 0 N–H and O–H groups in total. The van der Waals surface area contributed by atoms with E-state index in [1.54, 1.807) is 0 Å². The normalized spacial score (nSPS) is 23.0. The van der Waals surface area contributed by atoms with E-state index in [4.69, 9.17) is 4.74 Å². The van der Waals surface area contributed by atoms with Crippen molar-refractivity contribution in [1.29, 1.82) is 0 Å². The number of alkyl halides is 1. The first-order chi connectivity index (χ1) is 10.3. The van der Waals surface area contributed by atoms with E-state index in [0.717, 1.165) is 18.9 Å². The first-order valence-corrected chi connectivity index (χ1v) is 8.90. The highest BCUT2D eigenvalue weighted by Crippen LogP contribution is 2.36. The summed E-state index contributed by atoms with van der Waals surface area (Å²) in [6, 6.07) is 15.3. The monoisotopic (exact) mass is 346 g/mol. The molecule has 0 saturated heterocycles. The average molecular weight is 347 g/mol. The maximum absolute atomic E-state index is 5.65. The van der Waals surface area contributed by atoms with Crippen LogP contribution in [-0.4, -0.2) is 17.5 Å². The Morgan fingerprint density at radius 1 is 1.14 bits per heavy atom. The Labute approximate surface area is 135 Å². The van der Waals surface area contributed by atoms with Crippen molar-refractivity contribution in [3.05, 3.63) is 48.0 Å². The summed E-state index contributed by atoms with van der Waals surface area (Å²) in [6.07, 6.45) is 5.37. The van der Waals surface area contributed by atoms with Crippen molar-refractivity contribution in [3.8, 4) is 0 Å². The van der Waals surface area contributed by atoms with Crippen LogP contribution in [-0.2, 0) is 11.2 Å². The lowest BCUT2D eigenvalue weighted by atomic mass is 9.78. The third-order valence-corrected chi connectivity index (χ3v) is 5.20. The van der Waals surface area contributed by atoms with Crippen LogP contribution < -0.4 is 0 Å². The van der Waals surface area contributed by atoms with Gasteiger partial charge in [-0.25, -0.2) is 0 Å². The van der Waals surface area contributed by atoms with Crippen LogP contribution in [0.2, 0.25) is 0 Å². The number of rotatable bonds is 6. The molecule has 21 heavy (non-hydrogen) atoms. The van der Waals surface area contributed by atoms with Crippen molar-refractivity contribution in [3.63, 3.8) is 0 Å². The standard InChI is InChI=1S/C19H23BrO/c1-2-21-18-11-14(12-18)10-17(20)13-16-8-5-7-15-6-3-4-9-19(15)16/h3-9,14,17-18H,2,10-13H2,1H3. The SMILES string of the molecule is CCOC1CC(CC(Br)Cc2cccc3ccccc23)C1. The molecule has 1 aliphatic rings. The summed E-state index contributed by atoms with van der Waals surface area (Å²) in [5.41, 5.74) is 1.45. The van der Waals surface area contributed by atoms with Crippen LogP contribution in [0, 0.1) is 5.92 Å². The minimum atomic E-state index is 0.525. The van der Waals surface area contributed by atoms with Gasteiger partial charge in [0, 0.05) is 11.4 Å². The second-order valence-electron chi connectivity index (χ2n) is 6.09. The third kappa shape index (κ3) is 3.67. The molecule has 3 rings (SSSR count). The van der Waals surface area contributed by atoms with Crippen LogP contribution in [0.25, 0.3) is 10.8 Å². The average Bonchev–Trinajstić information content (AvgIpc) is 2.45. The van der Waals surface area contributed by atoms with Crippen LogP contribution in [0.4, 0.5) is 0 Å². The lowest BCUT2D eigenvalue weighted by Crippen LogP contribution is -2.33. The molecule has 1 unspecified atom stereocenters. The highest BCUT2D eigenvalue weighted by Gasteiger charge is 2.30. The second kappa shape index (κ2) is 6.93. The molecule has 1 saturated carbocycles. The Morgan fingerprint density at radius 3 is 2.71 bits per heavy atom. The van der Waals surface area contributed by atoms with Crippen molar-refractivity contribution in [2.75, 3.05) is 6.61 Å². The van der Waals surface area contributed by atoms with E-state index in [1.165, 1.54) is 35.6 Å². The number of fused-ring (bicyclic) bond motifs is 1. The van der Waals surface area contributed by atoms with Gasteiger partial charge in [0.05, 0.1) is 6.10 Å². The van der Waals surface area contributed by atoms with Gasteiger partial charge in [0.1, 0.15) is 0 Å². The maximum Gasteiger partial charge on any atom is 0.0580 e. The lowest BCUT2D eigenvalue weighted by molar-refractivity contribution is -0.0263. The minimum absolute atomic E-state index is 0.525. The van der Waals surface area contributed by atoms with Crippen LogP contribution in [0.15, 0.2) is 42.5 Å². The van der Waals surface area contributed by atoms with Gasteiger partial charge in [0.25, 0.3) is 0 Å². The van der Waals surface area contributed by atoms with Gasteiger partial charge in [-0.3, -0.25) is 0 Å². The highest BCUT2D eigenvalue weighted by molar-refractivity contribution is 9.09. The van der Waals surface area contributed by atoms with E-state index in [2.05, 4.69) is 65.3 Å². The number of benzene rings is 2. The van der Waals surface area contributed by atoms with E-state index in [-0.39, 0.29) is 0 Å². The Balaban J connectivity index is 1.58. The molecular weight excluding hydrogens is 324 g/mol. The van der Waals surface area contributed by atoms with Crippen molar-refractivity contribution in [1.82, 2.24) is 0 Å². The summed E-state index contributed by atoms with van der Waals surface area (Å²) in [5, 5.41) is 2.74. The van der Waals surface area contributed by atoms with Crippen LogP contribution >= 0.6 is 15.9 Å². The molecule has 0 spiro atoms. The number of hydrogen-bond donors (Lipinski definition) is 0. The second-order valence-corrected chi connectivity index (χ2v) is 7.39. The summed E-state index contributed by atoms with van der Waals surface area (Å²) >= 11 is 3.89. The summed E-state index contributed by atoms with van der Waals surface area (Å²) in [7, 11) is 0. The topological polar surface area (TPSA) is 9.23 Å². The molecule has 1 nitrogen and oxygen atoms in total. The fourth-order valence-corrected chi connectivity index (χ4v) is 4.27. The van der Waals surface area contributed by atoms with E-state index < -0.39 is 0 Å². The summed E-state index contributed by atoms with van der Waals surface area (Å²) < 4.78 is 5.65. The van der Waals surface area contributed by atoms with Crippen molar-refractivity contribution >= 4 is 26.7 Å². The lowest BCUT2D eigenvalue weighted by Gasteiger charge is -2.36. The van der Waals surface area contributed by atoms with Crippen LogP contribution in [0.1, 0.15) is 31.7 Å². The Bertz CT molecular complexity index is 584. The Hall–Kier alpha value is -0.860. The van der Waals surface area contributed by atoms with E-state index in [9.17, 15) is 0 Å². The van der Waals surface area contributed by atoms with Gasteiger partial charge >= 0.3 is 0 Å². The van der Waals surface area contributed by atoms with Crippen molar-refractivity contribution in [2.24, 2.45) is 5.92 Å². The minimum Gasteiger partial charge on any atom is -0.378 e. The molecule has 0 bridgehead atoms. The van der Waals surface area contributed by atoms with Gasteiger partial charge in [-0.1, -0.05) is 58.4 Å². The molecule has 0 amide bonds. The quantitative estimate of drug-likeness (QED) is 0.640. The predicted molar refractivity (Wildman–Crippen MR) is 93.1 cm³/mol. The van der Waals surface area contributed by atoms with Gasteiger partial charge in [-0.15, -0.1) is 0 Å². The molecule has 0 radical (unpaired) electrons. The zero-order chi connectivity index (χ0) is 14.7. The summed E-state index contributed by atoms with van der Waals surface area (Å²) in [5.74, 6) is 0.834. The maximum atomic E-state index is 5.65. The molecule has 0 aliphatic heterocycles. The molecule has 1 aliphatic carbocycles. The Kier molecular flexibility index (Phi) is 4.97. The molecule has 0 aromatic heterocycles. The molecule has 112 valence electrons. The highest BCUT2D eigenvalue weighted by atomic mass is 79.9. The van der Waals surface area contributed by atoms with Gasteiger partial charge in [-0.2, -0.15) is 0 Å². The summed E-state index contributed by atoms with van der Waals surface area (Å²) in [4.78, 5) is 0.566. The number of halogens is 1. The molecule has 2 heteroatoms. The first kappa shape index (κ1) is 15.1. The smallest absolute Gasteiger partial charge is 0.0580 e. The molecule has 0 heterocycles. The predicted octanol–water partition coefficient (Wildman–Crippen LogP) is 5.35. The van der Waals surface area contributed by atoms with E-state index in [0.29, 0.717) is 10.9 Å². The largest absolute Gasteiger partial charge is 0.378 e. The van der Waals surface area contributed by atoms with Crippen molar-refractivity contribution in [2.45, 2.75) is 43.5 Å². The van der Waals surface area contributed by atoms with Gasteiger partial charge < -0.3 is 4.74 Å². The molecule has 2 aromatic rings. The molecular formula is C19H23BrO. The summed E-state index contributed by atoms with van der Waals surface area (Å²) in [6.45, 7) is 2.94. The van der Waals surface area contributed by atoms with Crippen molar-refractivity contribution < 1.29 is 4.74 Å². The fourth-order valence-electron chi connectivity index (χ4n) is 3.39. The van der Waals surface area contributed by atoms with Crippen LogP contribution in [0.5, 0.6) is 0 Å².